The fourth-order valence-corrected chi connectivity index (χ4v) is 2.64. The number of carbonyl (C=O) groups is 1. The Labute approximate surface area is 175 Å². The van der Waals surface area contributed by atoms with E-state index in [4.69, 9.17) is 25.8 Å². The van der Waals surface area contributed by atoms with E-state index in [1.54, 1.807) is 12.1 Å². The highest BCUT2D eigenvalue weighted by Gasteiger charge is 2.18. The van der Waals surface area contributed by atoms with Crippen molar-refractivity contribution in [2.24, 2.45) is 0 Å². The first-order valence-electron chi connectivity index (χ1n) is 8.89. The second kappa shape index (κ2) is 10.6. The predicted molar refractivity (Wildman–Crippen MR) is 113 cm³/mol. The van der Waals surface area contributed by atoms with Gasteiger partial charge in [0.1, 0.15) is 22.9 Å². The molecule has 1 aromatic carbocycles. The van der Waals surface area contributed by atoms with Crippen LogP contribution in [0.4, 0.5) is 0 Å². The van der Waals surface area contributed by atoms with Crippen LogP contribution in [0.5, 0.6) is 17.2 Å². The molecule has 2 aromatic rings. The monoisotopic (exact) mass is 417 g/mol. The Morgan fingerprint density at radius 3 is 2.59 bits per heavy atom. The van der Waals surface area contributed by atoms with Gasteiger partial charge in [0.15, 0.2) is 6.79 Å². The van der Waals surface area contributed by atoms with Crippen molar-refractivity contribution in [3.63, 3.8) is 0 Å². The molecule has 0 unspecified atom stereocenters. The summed E-state index contributed by atoms with van der Waals surface area (Å²) in [4.78, 5) is 16.4. The van der Waals surface area contributed by atoms with Gasteiger partial charge in [0.05, 0.1) is 17.7 Å². The van der Waals surface area contributed by atoms with Gasteiger partial charge in [-0.2, -0.15) is 0 Å². The van der Waals surface area contributed by atoms with Crippen molar-refractivity contribution in [1.29, 1.82) is 0 Å². The summed E-state index contributed by atoms with van der Waals surface area (Å²) >= 11 is 5.80. The van der Waals surface area contributed by atoms with E-state index in [1.807, 2.05) is 19.9 Å². The first kappa shape index (κ1) is 22.5. The number of phenols is 1. The van der Waals surface area contributed by atoms with E-state index in [-0.39, 0.29) is 24.0 Å². The molecule has 0 saturated carbocycles. The lowest BCUT2D eigenvalue weighted by atomic mass is 10.0. The lowest BCUT2D eigenvalue weighted by Gasteiger charge is -2.16. The molecule has 1 aromatic heterocycles. The van der Waals surface area contributed by atoms with Gasteiger partial charge in [-0.1, -0.05) is 23.3 Å². The molecule has 0 aliphatic rings. The van der Waals surface area contributed by atoms with Gasteiger partial charge in [-0.15, -0.1) is 0 Å². The van der Waals surface area contributed by atoms with Crippen LogP contribution in [-0.2, 0) is 11.2 Å². The van der Waals surface area contributed by atoms with Crippen molar-refractivity contribution >= 4 is 23.5 Å². The average molecular weight is 418 g/mol. The minimum Gasteiger partial charge on any atom is -0.507 e. The van der Waals surface area contributed by atoms with Gasteiger partial charge in [-0.05, 0) is 44.6 Å². The lowest BCUT2D eigenvalue weighted by Crippen LogP contribution is -2.04. The summed E-state index contributed by atoms with van der Waals surface area (Å²) in [5, 5.41) is 11.3. The van der Waals surface area contributed by atoms with Crippen LogP contribution in [-0.4, -0.2) is 36.9 Å². The van der Waals surface area contributed by atoms with Crippen LogP contribution in [0.1, 0.15) is 35.5 Å². The fourth-order valence-electron chi connectivity index (χ4n) is 2.53. The molecule has 0 spiro atoms. The van der Waals surface area contributed by atoms with Crippen molar-refractivity contribution in [2.75, 3.05) is 21.0 Å². The van der Waals surface area contributed by atoms with Gasteiger partial charge < -0.3 is 19.3 Å². The van der Waals surface area contributed by atoms with Crippen LogP contribution in [0.3, 0.4) is 0 Å². The molecule has 0 atom stereocenters. The van der Waals surface area contributed by atoms with Crippen molar-refractivity contribution in [3.05, 3.63) is 64.0 Å². The molecule has 0 aliphatic heterocycles. The molecule has 2 rings (SSSR count). The lowest BCUT2D eigenvalue weighted by molar-refractivity contribution is 0.0502. The van der Waals surface area contributed by atoms with E-state index in [0.29, 0.717) is 34.1 Å². The van der Waals surface area contributed by atoms with Gasteiger partial charge in [0, 0.05) is 24.9 Å². The second-order valence-corrected chi connectivity index (χ2v) is 6.85. The van der Waals surface area contributed by atoms with Gasteiger partial charge in [0.25, 0.3) is 0 Å². The normalized spacial score (nSPS) is 10.8. The molecule has 0 fully saturated rings. The average Bonchev–Trinajstić information content (AvgIpc) is 2.70. The third-order valence-corrected chi connectivity index (χ3v) is 4.24. The molecule has 1 heterocycles. The first-order chi connectivity index (χ1) is 13.9. The Morgan fingerprint density at radius 2 is 2.00 bits per heavy atom. The Hall–Kier alpha value is -2.83. The number of allylic oxidation sites excluding steroid dienone is 3. The number of nitrogens with zero attached hydrogens (tertiary/aromatic N) is 1. The van der Waals surface area contributed by atoms with Crippen molar-refractivity contribution in [2.45, 2.75) is 20.3 Å². The van der Waals surface area contributed by atoms with Crippen LogP contribution in [0.25, 0.3) is 6.08 Å². The topological polar surface area (TPSA) is 77.9 Å². The molecular formula is C22H24ClNO5. The number of ketones is 1. The molecule has 0 amide bonds. The van der Waals surface area contributed by atoms with Crippen LogP contribution >= 0.6 is 11.6 Å². The van der Waals surface area contributed by atoms with Gasteiger partial charge in [-0.3, -0.25) is 9.78 Å². The largest absolute Gasteiger partial charge is 0.507 e. The third-order valence-electron chi connectivity index (χ3n) is 4.01. The number of ether oxygens (including phenoxy) is 3. The smallest absolute Gasteiger partial charge is 0.204 e. The molecule has 0 aliphatic carbocycles. The number of benzene rings is 1. The van der Waals surface area contributed by atoms with Gasteiger partial charge in [-0.25, -0.2) is 0 Å². The number of rotatable bonds is 9. The number of hydrogen-bond donors (Lipinski definition) is 1. The SMILES string of the molecule is COCOc1cc(OC)c(/C=C/C(=O)c2ccc(Cl)cn2)c(O)c1CC=C(C)C. The number of phenolic OH excluding ortho intramolecular Hbond substituents is 1. The number of aromatic nitrogens is 1. The molecule has 0 saturated heterocycles. The quantitative estimate of drug-likeness (QED) is 0.272. The van der Waals surface area contributed by atoms with E-state index in [1.165, 1.54) is 38.6 Å². The van der Waals surface area contributed by atoms with E-state index in [0.717, 1.165) is 5.57 Å². The van der Waals surface area contributed by atoms with Crippen LogP contribution in [0.15, 0.2) is 42.1 Å². The Balaban J connectivity index is 2.45. The maximum atomic E-state index is 12.4. The zero-order chi connectivity index (χ0) is 21.4. The van der Waals surface area contributed by atoms with Crippen molar-refractivity contribution in [3.8, 4) is 17.2 Å². The van der Waals surface area contributed by atoms with Crippen molar-refractivity contribution in [1.82, 2.24) is 4.98 Å². The summed E-state index contributed by atoms with van der Waals surface area (Å²) in [5.74, 6) is 0.457. The number of aromatic hydroxyl groups is 1. The van der Waals surface area contributed by atoms with E-state index < -0.39 is 0 Å². The molecule has 29 heavy (non-hydrogen) atoms. The number of methoxy groups -OCH3 is 2. The summed E-state index contributed by atoms with van der Waals surface area (Å²) < 4.78 is 16.0. The summed E-state index contributed by atoms with van der Waals surface area (Å²) in [6.45, 7) is 3.96. The van der Waals surface area contributed by atoms with E-state index in [2.05, 4.69) is 4.98 Å². The van der Waals surface area contributed by atoms with Crippen LogP contribution in [0, 0.1) is 0 Å². The minimum atomic E-state index is -0.325. The maximum absolute atomic E-state index is 12.4. The standard InChI is InChI=1S/C22H24ClNO5/c1-14(2)5-7-17-21(29-13-27-3)11-20(28-4)16(22(17)26)8-10-19(25)18-9-6-15(23)12-24-18/h5-6,8-12,26H,7,13H2,1-4H3/b10-8+. The zero-order valence-corrected chi connectivity index (χ0v) is 17.6. The minimum absolute atomic E-state index is 0.0268. The molecule has 0 radical (unpaired) electrons. The Morgan fingerprint density at radius 1 is 1.24 bits per heavy atom. The summed E-state index contributed by atoms with van der Waals surface area (Å²) in [7, 11) is 2.99. The second-order valence-electron chi connectivity index (χ2n) is 6.41. The van der Waals surface area contributed by atoms with Gasteiger partial charge >= 0.3 is 0 Å². The first-order valence-corrected chi connectivity index (χ1v) is 9.27. The van der Waals surface area contributed by atoms with Crippen LogP contribution in [0.2, 0.25) is 5.02 Å². The van der Waals surface area contributed by atoms with E-state index >= 15 is 0 Å². The van der Waals surface area contributed by atoms with Crippen LogP contribution < -0.4 is 9.47 Å². The zero-order valence-electron chi connectivity index (χ0n) is 16.9. The highest BCUT2D eigenvalue weighted by molar-refractivity contribution is 6.30. The molecule has 6 nitrogen and oxygen atoms in total. The molecule has 154 valence electrons. The van der Waals surface area contributed by atoms with Crippen molar-refractivity contribution < 1.29 is 24.1 Å². The Kier molecular flexibility index (Phi) is 8.24. The molecular weight excluding hydrogens is 394 g/mol. The molecule has 1 N–H and O–H groups in total. The summed E-state index contributed by atoms with van der Waals surface area (Å²) in [6.07, 6.45) is 6.65. The summed E-state index contributed by atoms with van der Waals surface area (Å²) in [6, 6.07) is 4.79. The fraction of sp³-hybridized carbons (Fsp3) is 0.273. The van der Waals surface area contributed by atoms with Gasteiger partial charge in [0.2, 0.25) is 5.78 Å². The number of hydrogen-bond acceptors (Lipinski definition) is 6. The van der Waals surface area contributed by atoms with E-state index in [9.17, 15) is 9.90 Å². The third kappa shape index (κ3) is 6.07. The number of halogens is 1. The predicted octanol–water partition coefficient (Wildman–Crippen LogP) is 4.84. The Bertz CT molecular complexity index is 916. The molecule has 7 heteroatoms. The summed E-state index contributed by atoms with van der Waals surface area (Å²) in [5.41, 5.74) is 2.28. The highest BCUT2D eigenvalue weighted by Crippen LogP contribution is 2.40. The maximum Gasteiger partial charge on any atom is 0.204 e. The molecule has 0 bridgehead atoms. The number of pyridine rings is 1. The number of carbonyl (C=O) groups excluding carboxylic acids is 1. The highest BCUT2D eigenvalue weighted by atomic mass is 35.5.